The molecule has 134 valence electrons. The first-order valence-electron chi connectivity index (χ1n) is 7.87. The second-order valence-electron chi connectivity index (χ2n) is 6.17. The molecule has 1 aromatic carbocycles. The molecule has 3 aromatic rings. The number of benzene rings is 1. The summed E-state index contributed by atoms with van der Waals surface area (Å²) in [6.45, 7) is 3.35. The molecule has 0 aliphatic carbocycles. The SMILES string of the molecule is Cc1noc(C)c1S(=O)(=O)NC[C@H](c1cc2ccccc2o1)N(C)C. The molecule has 0 bridgehead atoms. The first-order valence-corrected chi connectivity index (χ1v) is 9.35. The minimum Gasteiger partial charge on any atom is -0.459 e. The predicted molar refractivity (Wildman–Crippen MR) is 93.8 cm³/mol. The van der Waals surface area contributed by atoms with Gasteiger partial charge in [0.25, 0.3) is 0 Å². The lowest BCUT2D eigenvalue weighted by molar-refractivity contribution is 0.264. The second-order valence-corrected chi connectivity index (χ2v) is 7.87. The Kier molecular flexibility index (Phi) is 4.68. The van der Waals surface area contributed by atoms with Crippen LogP contribution < -0.4 is 4.72 Å². The fourth-order valence-electron chi connectivity index (χ4n) is 2.82. The average Bonchev–Trinajstić information content (AvgIpc) is 3.10. The molecule has 0 fully saturated rings. The Morgan fingerprint density at radius 3 is 2.56 bits per heavy atom. The standard InChI is InChI=1S/C17H21N3O4S/c1-11-17(12(2)24-19-11)25(21,22)18-10-14(20(3)4)16-9-13-7-5-6-8-15(13)23-16/h5-9,14,18H,10H2,1-4H3/t14-/m1/s1. The molecule has 8 heteroatoms. The molecule has 1 atom stereocenters. The Hall–Kier alpha value is -2.16. The van der Waals surface area contributed by atoms with Crippen LogP contribution in [0, 0.1) is 13.8 Å². The normalized spacial score (nSPS) is 13.6. The largest absolute Gasteiger partial charge is 0.459 e. The molecule has 0 saturated heterocycles. The number of aryl methyl sites for hydroxylation is 2. The molecule has 0 amide bonds. The van der Waals surface area contributed by atoms with Gasteiger partial charge in [-0.3, -0.25) is 4.90 Å². The summed E-state index contributed by atoms with van der Waals surface area (Å²) in [5, 5.41) is 4.69. The zero-order valence-electron chi connectivity index (χ0n) is 14.6. The highest BCUT2D eigenvalue weighted by molar-refractivity contribution is 7.89. The summed E-state index contributed by atoms with van der Waals surface area (Å²) in [5.74, 6) is 0.975. The summed E-state index contributed by atoms with van der Waals surface area (Å²) in [6, 6.07) is 9.38. The van der Waals surface area contributed by atoms with Crippen molar-refractivity contribution in [1.29, 1.82) is 0 Å². The Morgan fingerprint density at radius 2 is 1.96 bits per heavy atom. The van der Waals surface area contributed by atoms with Gasteiger partial charge in [0, 0.05) is 11.9 Å². The van der Waals surface area contributed by atoms with E-state index < -0.39 is 10.0 Å². The van der Waals surface area contributed by atoms with E-state index in [0.29, 0.717) is 11.5 Å². The van der Waals surface area contributed by atoms with Crippen LogP contribution in [0.4, 0.5) is 0 Å². The maximum atomic E-state index is 12.6. The van der Waals surface area contributed by atoms with Gasteiger partial charge in [0.15, 0.2) is 5.76 Å². The fraction of sp³-hybridized carbons (Fsp3) is 0.353. The van der Waals surface area contributed by atoms with Crippen molar-refractivity contribution in [2.45, 2.75) is 24.8 Å². The Morgan fingerprint density at radius 1 is 1.24 bits per heavy atom. The zero-order chi connectivity index (χ0) is 18.2. The Bertz CT molecular complexity index is 936. The van der Waals surface area contributed by atoms with Crippen molar-refractivity contribution in [2.75, 3.05) is 20.6 Å². The number of para-hydroxylation sites is 1. The molecule has 2 heterocycles. The van der Waals surface area contributed by atoms with E-state index in [0.717, 1.165) is 11.0 Å². The zero-order valence-corrected chi connectivity index (χ0v) is 15.4. The minimum absolute atomic E-state index is 0.0922. The van der Waals surface area contributed by atoms with E-state index in [-0.39, 0.29) is 23.2 Å². The third-order valence-corrected chi connectivity index (χ3v) is 5.77. The minimum atomic E-state index is -3.72. The number of aromatic nitrogens is 1. The van der Waals surface area contributed by atoms with Crippen LogP contribution in [0.15, 0.2) is 44.2 Å². The maximum absolute atomic E-state index is 12.6. The van der Waals surface area contributed by atoms with Gasteiger partial charge in [-0.1, -0.05) is 23.4 Å². The molecule has 0 radical (unpaired) electrons. The number of rotatable bonds is 6. The van der Waals surface area contributed by atoms with Crippen molar-refractivity contribution in [1.82, 2.24) is 14.8 Å². The Labute approximate surface area is 146 Å². The van der Waals surface area contributed by atoms with Crippen LogP contribution in [0.1, 0.15) is 23.3 Å². The topological polar surface area (TPSA) is 88.6 Å². The van der Waals surface area contributed by atoms with E-state index >= 15 is 0 Å². The average molecular weight is 363 g/mol. The molecule has 3 rings (SSSR count). The van der Waals surface area contributed by atoms with Gasteiger partial charge in [0.05, 0.1) is 6.04 Å². The van der Waals surface area contributed by atoms with Crippen molar-refractivity contribution in [3.05, 3.63) is 47.5 Å². The predicted octanol–water partition coefficient (Wildman–Crippen LogP) is 2.62. The molecule has 0 aliphatic rings. The van der Waals surface area contributed by atoms with Crippen LogP contribution in [-0.4, -0.2) is 39.1 Å². The third-order valence-electron chi connectivity index (χ3n) is 4.10. The molecular formula is C17H21N3O4S. The summed E-state index contributed by atoms with van der Waals surface area (Å²) < 4.78 is 38.7. The first-order chi connectivity index (χ1) is 11.8. The quantitative estimate of drug-likeness (QED) is 0.724. The van der Waals surface area contributed by atoms with E-state index in [2.05, 4.69) is 9.88 Å². The highest BCUT2D eigenvalue weighted by Crippen LogP contribution is 2.27. The molecule has 0 spiro atoms. The lowest BCUT2D eigenvalue weighted by atomic mass is 10.2. The lowest BCUT2D eigenvalue weighted by Gasteiger charge is -2.22. The van der Waals surface area contributed by atoms with Crippen LogP contribution in [0.25, 0.3) is 11.0 Å². The number of furan rings is 1. The molecular weight excluding hydrogens is 342 g/mol. The van der Waals surface area contributed by atoms with Gasteiger partial charge in [-0.15, -0.1) is 0 Å². The monoisotopic (exact) mass is 363 g/mol. The van der Waals surface area contributed by atoms with Crippen LogP contribution in [0.2, 0.25) is 0 Å². The number of nitrogens with zero attached hydrogens (tertiary/aromatic N) is 2. The van der Waals surface area contributed by atoms with Crippen LogP contribution in [0.5, 0.6) is 0 Å². The van der Waals surface area contributed by atoms with Gasteiger partial charge in [0.1, 0.15) is 21.9 Å². The van der Waals surface area contributed by atoms with Gasteiger partial charge < -0.3 is 8.94 Å². The summed E-state index contributed by atoms with van der Waals surface area (Å²) in [5.41, 5.74) is 1.12. The Balaban J connectivity index is 1.85. The van der Waals surface area contributed by atoms with Crippen molar-refractivity contribution >= 4 is 21.0 Å². The van der Waals surface area contributed by atoms with Crippen LogP contribution in [-0.2, 0) is 10.0 Å². The van der Waals surface area contributed by atoms with E-state index in [1.54, 1.807) is 13.8 Å². The van der Waals surface area contributed by atoms with Gasteiger partial charge in [-0.05, 0) is 40.1 Å². The number of sulfonamides is 1. The van der Waals surface area contributed by atoms with Crippen molar-refractivity contribution in [3.8, 4) is 0 Å². The first kappa shape index (κ1) is 17.7. The highest BCUT2D eigenvalue weighted by Gasteiger charge is 2.27. The fourth-order valence-corrected chi connectivity index (χ4v) is 4.19. The smallest absolute Gasteiger partial charge is 0.246 e. The molecule has 2 aromatic heterocycles. The number of hydrogen-bond donors (Lipinski definition) is 1. The number of fused-ring (bicyclic) bond motifs is 1. The highest BCUT2D eigenvalue weighted by atomic mass is 32.2. The van der Waals surface area contributed by atoms with Gasteiger partial charge in [0.2, 0.25) is 10.0 Å². The lowest BCUT2D eigenvalue weighted by Crippen LogP contribution is -2.34. The van der Waals surface area contributed by atoms with Crippen LogP contribution >= 0.6 is 0 Å². The summed E-state index contributed by atoms with van der Waals surface area (Å²) in [4.78, 5) is 2.00. The summed E-state index contributed by atoms with van der Waals surface area (Å²) in [6.07, 6.45) is 0. The maximum Gasteiger partial charge on any atom is 0.246 e. The van der Waals surface area contributed by atoms with Gasteiger partial charge in [-0.2, -0.15) is 0 Å². The number of hydrogen-bond acceptors (Lipinski definition) is 6. The molecule has 0 aliphatic heterocycles. The second kappa shape index (κ2) is 6.62. The molecule has 7 nitrogen and oxygen atoms in total. The van der Waals surface area contributed by atoms with E-state index in [1.165, 1.54) is 0 Å². The summed E-state index contributed by atoms with van der Waals surface area (Å²) in [7, 11) is 0.0346. The van der Waals surface area contributed by atoms with E-state index in [1.807, 2.05) is 49.3 Å². The van der Waals surface area contributed by atoms with Crippen LogP contribution in [0.3, 0.4) is 0 Å². The molecule has 0 unspecified atom stereocenters. The summed E-state index contributed by atoms with van der Waals surface area (Å²) >= 11 is 0. The van der Waals surface area contributed by atoms with Crippen molar-refractivity contribution in [2.24, 2.45) is 0 Å². The van der Waals surface area contributed by atoms with Gasteiger partial charge in [-0.25, -0.2) is 13.1 Å². The molecule has 25 heavy (non-hydrogen) atoms. The number of nitrogens with one attached hydrogen (secondary N) is 1. The third kappa shape index (κ3) is 3.46. The van der Waals surface area contributed by atoms with Crippen molar-refractivity contribution < 1.29 is 17.4 Å². The van der Waals surface area contributed by atoms with E-state index in [9.17, 15) is 8.42 Å². The van der Waals surface area contributed by atoms with E-state index in [4.69, 9.17) is 8.94 Å². The van der Waals surface area contributed by atoms with Crippen molar-refractivity contribution in [3.63, 3.8) is 0 Å². The molecule has 1 N–H and O–H groups in total. The van der Waals surface area contributed by atoms with Gasteiger partial charge >= 0.3 is 0 Å². The number of likely N-dealkylation sites (N-methyl/N-ethyl adjacent to an activating group) is 1. The molecule has 0 saturated carbocycles.